The number of nitrogens with two attached hydrogens (primary N) is 1. The van der Waals surface area contributed by atoms with Crippen molar-refractivity contribution in [2.75, 3.05) is 21.2 Å². The number of fused-ring (bicyclic) bond motifs is 3. The molecule has 3 aliphatic carbocycles. The molecule has 0 bridgehead atoms. The van der Waals surface area contributed by atoms with Crippen LogP contribution in [0.3, 0.4) is 0 Å². The Kier molecular flexibility index (Phi) is 5.73. The van der Waals surface area contributed by atoms with Gasteiger partial charge in [-0.2, -0.15) is 0 Å². The SMILES string of the molecule is CO/N=C(/C)c1ccc(O)c2c1CC1CC3C(N(C)C)C(=O)C(C(N)=O)=C(O)C3(O)C(=O)C1=C2O. The normalized spacial score (nSPS) is 28.6. The molecule has 186 valence electrons. The van der Waals surface area contributed by atoms with E-state index in [-0.39, 0.29) is 29.7 Å². The molecule has 1 aromatic carbocycles. The molecular weight excluding hydrogens is 458 g/mol. The van der Waals surface area contributed by atoms with Crippen molar-refractivity contribution < 1.29 is 39.6 Å². The highest BCUT2D eigenvalue weighted by molar-refractivity contribution is 6.24. The van der Waals surface area contributed by atoms with Gasteiger partial charge < -0.3 is 31.0 Å². The van der Waals surface area contributed by atoms with Gasteiger partial charge in [0, 0.05) is 17.1 Å². The minimum Gasteiger partial charge on any atom is -0.508 e. The number of amides is 1. The molecule has 1 fully saturated rings. The first-order valence-electron chi connectivity index (χ1n) is 11.0. The van der Waals surface area contributed by atoms with E-state index in [1.165, 1.54) is 18.1 Å². The number of hydrogen-bond donors (Lipinski definition) is 5. The predicted molar refractivity (Wildman–Crippen MR) is 123 cm³/mol. The highest BCUT2D eigenvalue weighted by atomic mass is 16.6. The zero-order valence-electron chi connectivity index (χ0n) is 19.7. The van der Waals surface area contributed by atoms with Crippen LogP contribution < -0.4 is 5.73 Å². The molecule has 3 aliphatic rings. The fourth-order valence-corrected chi connectivity index (χ4v) is 5.77. The molecule has 0 radical (unpaired) electrons. The summed E-state index contributed by atoms with van der Waals surface area (Å²) in [4.78, 5) is 45.2. The molecule has 4 unspecified atom stereocenters. The Bertz CT molecular complexity index is 1260. The first-order chi connectivity index (χ1) is 16.4. The molecular formula is C24H27N3O8. The maximum Gasteiger partial charge on any atom is 0.255 e. The minimum absolute atomic E-state index is 0.00411. The van der Waals surface area contributed by atoms with E-state index in [9.17, 15) is 34.8 Å². The van der Waals surface area contributed by atoms with Crippen molar-refractivity contribution in [3.05, 3.63) is 45.7 Å². The van der Waals surface area contributed by atoms with E-state index in [1.54, 1.807) is 27.1 Å². The number of primary amides is 1. The largest absolute Gasteiger partial charge is 0.508 e. The van der Waals surface area contributed by atoms with Gasteiger partial charge in [0.25, 0.3) is 5.91 Å². The number of hydrogen-bond acceptors (Lipinski definition) is 10. The number of oxime groups is 1. The number of phenols is 1. The molecule has 11 nitrogen and oxygen atoms in total. The molecule has 4 atom stereocenters. The second kappa shape index (κ2) is 8.21. The number of phenolic OH excluding ortho intramolecular Hbond substituents is 1. The fourth-order valence-electron chi connectivity index (χ4n) is 5.77. The number of carbonyl (C=O) groups is 3. The van der Waals surface area contributed by atoms with E-state index in [0.29, 0.717) is 16.8 Å². The molecule has 0 spiro atoms. The standard InChI is InChI=1S/C24H27N3O8/c1-9(26-35-4)11-5-6-14(28)16-12(11)7-10-8-13-18(27(2)3)20(30)17(23(25)33)22(32)24(13,34)21(31)15(10)19(16)29/h5-6,10,13,18,28-29,32,34H,7-8H2,1-4H3,(H2,25,33)/b26-9-. The van der Waals surface area contributed by atoms with Crippen LogP contribution in [0.5, 0.6) is 5.75 Å². The lowest BCUT2D eigenvalue weighted by atomic mass is 9.57. The number of ketones is 2. The summed E-state index contributed by atoms with van der Waals surface area (Å²) >= 11 is 0. The van der Waals surface area contributed by atoms with Gasteiger partial charge in [0.2, 0.25) is 5.78 Å². The third-order valence-corrected chi connectivity index (χ3v) is 7.22. The Morgan fingerprint density at radius 2 is 1.89 bits per heavy atom. The highest BCUT2D eigenvalue weighted by Gasteiger charge is 2.64. The topological polar surface area (TPSA) is 183 Å². The lowest BCUT2D eigenvalue weighted by Crippen LogP contribution is -2.65. The van der Waals surface area contributed by atoms with E-state index in [4.69, 9.17) is 10.6 Å². The Hall–Kier alpha value is -3.70. The molecule has 6 N–H and O–H groups in total. The molecule has 0 aromatic heterocycles. The number of benzene rings is 1. The van der Waals surface area contributed by atoms with Gasteiger partial charge in [-0.1, -0.05) is 5.16 Å². The molecule has 0 saturated heterocycles. The molecule has 11 heteroatoms. The van der Waals surface area contributed by atoms with Crippen molar-refractivity contribution in [1.82, 2.24) is 4.90 Å². The van der Waals surface area contributed by atoms with Gasteiger partial charge in [0.15, 0.2) is 11.4 Å². The summed E-state index contributed by atoms with van der Waals surface area (Å²) < 4.78 is 0. The van der Waals surface area contributed by atoms with Gasteiger partial charge >= 0.3 is 0 Å². The summed E-state index contributed by atoms with van der Waals surface area (Å²) in [5.41, 5.74) is 3.19. The predicted octanol–water partition coefficient (Wildman–Crippen LogP) is 0.334. The van der Waals surface area contributed by atoms with Crippen LogP contribution in [-0.2, 0) is 25.6 Å². The van der Waals surface area contributed by atoms with Crippen LogP contribution in [0.15, 0.2) is 34.2 Å². The maximum atomic E-state index is 13.8. The average molecular weight is 485 g/mol. The Labute approximate surface area is 200 Å². The third kappa shape index (κ3) is 3.26. The zero-order valence-corrected chi connectivity index (χ0v) is 19.7. The lowest BCUT2D eigenvalue weighted by Gasteiger charge is -2.50. The number of carbonyl (C=O) groups excluding carboxylic acids is 3. The third-order valence-electron chi connectivity index (χ3n) is 7.22. The second-order valence-electron chi connectivity index (χ2n) is 9.31. The van der Waals surface area contributed by atoms with Crippen molar-refractivity contribution in [3.8, 4) is 5.75 Å². The molecule has 4 rings (SSSR count). The summed E-state index contributed by atoms with van der Waals surface area (Å²) in [7, 11) is 4.48. The fraction of sp³-hybridized carbons (Fsp3) is 0.417. The van der Waals surface area contributed by atoms with Crippen molar-refractivity contribution >= 4 is 28.9 Å². The summed E-state index contributed by atoms with van der Waals surface area (Å²) in [5, 5.41) is 48.1. The Morgan fingerprint density at radius 1 is 1.23 bits per heavy atom. The van der Waals surface area contributed by atoms with Gasteiger partial charge in [-0.25, -0.2) is 0 Å². The molecule has 1 saturated carbocycles. The summed E-state index contributed by atoms with van der Waals surface area (Å²) in [6.45, 7) is 1.69. The number of Topliss-reactive ketones (excluding diaryl/α,β-unsaturated/α-hetero) is 2. The molecule has 1 aromatic rings. The maximum absolute atomic E-state index is 13.8. The quantitative estimate of drug-likeness (QED) is 0.228. The van der Waals surface area contributed by atoms with Gasteiger partial charge in [-0.3, -0.25) is 19.3 Å². The van der Waals surface area contributed by atoms with Crippen molar-refractivity contribution in [1.29, 1.82) is 0 Å². The van der Waals surface area contributed by atoms with Crippen LogP contribution in [-0.4, -0.2) is 81.4 Å². The zero-order chi connectivity index (χ0) is 26.0. The van der Waals surface area contributed by atoms with Gasteiger partial charge in [-0.05, 0) is 57.5 Å². The van der Waals surface area contributed by atoms with E-state index < -0.39 is 58.0 Å². The van der Waals surface area contributed by atoms with E-state index in [1.807, 2.05) is 0 Å². The number of aliphatic hydroxyl groups is 3. The van der Waals surface area contributed by atoms with Gasteiger partial charge in [0.1, 0.15) is 30.0 Å². The summed E-state index contributed by atoms with van der Waals surface area (Å²) in [5.74, 6) is -6.86. The van der Waals surface area contributed by atoms with Crippen LogP contribution in [0.1, 0.15) is 30.0 Å². The number of aliphatic hydroxyl groups excluding tert-OH is 2. The summed E-state index contributed by atoms with van der Waals surface area (Å²) in [6.07, 6.45) is 0.191. The first kappa shape index (κ1) is 24.4. The minimum atomic E-state index is -2.66. The van der Waals surface area contributed by atoms with Gasteiger partial charge in [-0.15, -0.1) is 0 Å². The first-order valence-corrected chi connectivity index (χ1v) is 11.0. The van der Waals surface area contributed by atoms with Crippen LogP contribution in [0.4, 0.5) is 0 Å². The van der Waals surface area contributed by atoms with E-state index in [0.717, 1.165) is 0 Å². The molecule has 1 amide bonds. The lowest BCUT2D eigenvalue weighted by molar-refractivity contribution is -0.153. The van der Waals surface area contributed by atoms with E-state index >= 15 is 0 Å². The number of nitrogens with zero attached hydrogens (tertiary/aromatic N) is 2. The molecule has 0 aliphatic heterocycles. The van der Waals surface area contributed by atoms with E-state index in [2.05, 4.69) is 5.16 Å². The van der Waals surface area contributed by atoms with Crippen molar-refractivity contribution in [3.63, 3.8) is 0 Å². The second-order valence-corrected chi connectivity index (χ2v) is 9.31. The molecule has 0 heterocycles. The van der Waals surface area contributed by atoms with Crippen molar-refractivity contribution in [2.45, 2.75) is 31.4 Å². The van der Waals surface area contributed by atoms with Crippen molar-refractivity contribution in [2.24, 2.45) is 22.7 Å². The van der Waals surface area contributed by atoms with Gasteiger partial charge in [0.05, 0.1) is 17.3 Å². The monoisotopic (exact) mass is 485 g/mol. The Balaban J connectivity index is 1.98. The number of likely N-dealkylation sites (N-methyl/N-ethyl adjacent to an activating group) is 1. The van der Waals surface area contributed by atoms with Crippen LogP contribution in [0.2, 0.25) is 0 Å². The molecule has 35 heavy (non-hydrogen) atoms. The average Bonchev–Trinajstić information content (AvgIpc) is 2.76. The highest BCUT2D eigenvalue weighted by Crippen LogP contribution is 2.52. The summed E-state index contributed by atoms with van der Waals surface area (Å²) in [6, 6.07) is 1.83. The van der Waals surface area contributed by atoms with Crippen LogP contribution in [0, 0.1) is 11.8 Å². The number of aromatic hydroxyl groups is 1. The van der Waals surface area contributed by atoms with Crippen LogP contribution in [0.25, 0.3) is 5.76 Å². The Morgan fingerprint density at radius 3 is 2.46 bits per heavy atom. The van der Waals surface area contributed by atoms with Crippen LogP contribution >= 0.6 is 0 Å². The number of rotatable bonds is 4. The smallest absolute Gasteiger partial charge is 0.255 e.